The Morgan fingerprint density at radius 2 is 2.06 bits per heavy atom. The number of hydrogen-bond donors (Lipinski definition) is 1. The molecule has 3 nitrogen and oxygen atoms in total. The molecule has 0 radical (unpaired) electrons. The molecule has 1 aliphatic carbocycles. The van der Waals surface area contributed by atoms with Crippen LogP contribution < -0.4 is 0 Å². The van der Waals surface area contributed by atoms with Gasteiger partial charge in [0, 0.05) is 6.61 Å². The lowest BCUT2D eigenvalue weighted by molar-refractivity contribution is -0.148. The summed E-state index contributed by atoms with van der Waals surface area (Å²) in [5, 5.41) is 9.22. The zero-order chi connectivity index (χ0) is 12.7. The van der Waals surface area contributed by atoms with E-state index in [0.29, 0.717) is 12.5 Å². The lowest BCUT2D eigenvalue weighted by Gasteiger charge is -2.23. The Balaban J connectivity index is 2.43. The zero-order valence-corrected chi connectivity index (χ0v) is 11.2. The molecule has 0 saturated heterocycles. The van der Waals surface area contributed by atoms with E-state index in [9.17, 15) is 9.90 Å². The van der Waals surface area contributed by atoms with E-state index in [4.69, 9.17) is 4.74 Å². The van der Waals surface area contributed by atoms with E-state index in [-0.39, 0.29) is 12.0 Å². The second kappa shape index (κ2) is 7.70. The minimum atomic E-state index is -0.681. The Morgan fingerprint density at radius 3 is 2.71 bits per heavy atom. The summed E-state index contributed by atoms with van der Waals surface area (Å²) in [4.78, 5) is 11.2. The van der Waals surface area contributed by atoms with E-state index in [1.54, 1.807) is 0 Å². The zero-order valence-electron chi connectivity index (χ0n) is 11.2. The van der Waals surface area contributed by atoms with Gasteiger partial charge in [0.2, 0.25) is 0 Å². The third kappa shape index (κ3) is 5.07. The van der Waals surface area contributed by atoms with Crippen LogP contribution in [-0.4, -0.2) is 23.8 Å². The van der Waals surface area contributed by atoms with Crippen molar-refractivity contribution >= 4 is 5.97 Å². The highest BCUT2D eigenvalue weighted by Crippen LogP contribution is 2.26. The molecule has 1 rings (SSSR count). The van der Waals surface area contributed by atoms with Gasteiger partial charge in [-0.3, -0.25) is 4.79 Å². The fourth-order valence-corrected chi connectivity index (χ4v) is 2.62. The SMILES string of the molecule is CCCC(C)COC1CCCCCC1C(=O)O. The average molecular weight is 242 g/mol. The molecule has 17 heavy (non-hydrogen) atoms. The Morgan fingerprint density at radius 1 is 1.35 bits per heavy atom. The Bertz CT molecular complexity index is 228. The fourth-order valence-electron chi connectivity index (χ4n) is 2.62. The van der Waals surface area contributed by atoms with Gasteiger partial charge < -0.3 is 9.84 Å². The summed E-state index contributed by atoms with van der Waals surface area (Å²) in [6, 6.07) is 0. The molecule has 1 N–H and O–H groups in total. The molecule has 3 atom stereocenters. The van der Waals surface area contributed by atoms with Gasteiger partial charge in [-0.2, -0.15) is 0 Å². The van der Waals surface area contributed by atoms with Gasteiger partial charge >= 0.3 is 5.97 Å². The van der Waals surface area contributed by atoms with Crippen LogP contribution in [-0.2, 0) is 9.53 Å². The van der Waals surface area contributed by atoms with Crippen molar-refractivity contribution < 1.29 is 14.6 Å². The van der Waals surface area contributed by atoms with Crippen molar-refractivity contribution in [1.29, 1.82) is 0 Å². The normalized spacial score (nSPS) is 27.4. The molecule has 0 aliphatic heterocycles. The number of rotatable bonds is 6. The summed E-state index contributed by atoms with van der Waals surface area (Å²) in [6.45, 7) is 5.06. The van der Waals surface area contributed by atoms with Gasteiger partial charge in [-0.15, -0.1) is 0 Å². The predicted octanol–water partition coefficient (Wildman–Crippen LogP) is 3.47. The molecule has 0 spiro atoms. The quantitative estimate of drug-likeness (QED) is 0.725. The summed E-state index contributed by atoms with van der Waals surface area (Å²) in [5.41, 5.74) is 0. The first kappa shape index (κ1) is 14.5. The largest absolute Gasteiger partial charge is 0.481 e. The van der Waals surface area contributed by atoms with Gasteiger partial charge in [-0.05, 0) is 25.2 Å². The van der Waals surface area contributed by atoms with Crippen LogP contribution in [0.4, 0.5) is 0 Å². The molecule has 1 aliphatic rings. The fraction of sp³-hybridized carbons (Fsp3) is 0.929. The third-order valence-corrected chi connectivity index (χ3v) is 3.65. The molecule has 0 aromatic carbocycles. The van der Waals surface area contributed by atoms with Crippen molar-refractivity contribution in [3.05, 3.63) is 0 Å². The van der Waals surface area contributed by atoms with Crippen molar-refractivity contribution in [2.24, 2.45) is 11.8 Å². The first-order valence-electron chi connectivity index (χ1n) is 6.99. The first-order valence-corrected chi connectivity index (χ1v) is 6.99. The summed E-state index contributed by atoms with van der Waals surface area (Å²) >= 11 is 0. The van der Waals surface area contributed by atoms with Crippen molar-refractivity contribution in [3.63, 3.8) is 0 Å². The smallest absolute Gasteiger partial charge is 0.309 e. The van der Waals surface area contributed by atoms with E-state index in [1.807, 2.05) is 0 Å². The van der Waals surface area contributed by atoms with Crippen LogP contribution >= 0.6 is 0 Å². The summed E-state index contributed by atoms with van der Waals surface area (Å²) in [6.07, 6.45) is 7.24. The second-order valence-corrected chi connectivity index (χ2v) is 5.35. The molecular weight excluding hydrogens is 216 g/mol. The Labute approximate surface area is 105 Å². The number of ether oxygens (including phenoxy) is 1. The summed E-state index contributed by atoms with van der Waals surface area (Å²) < 4.78 is 5.87. The van der Waals surface area contributed by atoms with Crippen LogP contribution in [0.25, 0.3) is 0 Å². The van der Waals surface area contributed by atoms with Gasteiger partial charge in [-0.25, -0.2) is 0 Å². The molecule has 0 aromatic rings. The molecular formula is C14H26O3. The first-order chi connectivity index (χ1) is 8.15. The van der Waals surface area contributed by atoms with Crippen LogP contribution in [0, 0.1) is 11.8 Å². The van der Waals surface area contributed by atoms with Crippen LogP contribution in [0.2, 0.25) is 0 Å². The van der Waals surface area contributed by atoms with Crippen LogP contribution in [0.1, 0.15) is 58.8 Å². The van der Waals surface area contributed by atoms with Crippen molar-refractivity contribution in [2.45, 2.75) is 64.9 Å². The van der Waals surface area contributed by atoms with Crippen molar-refractivity contribution in [3.8, 4) is 0 Å². The Hall–Kier alpha value is -0.570. The topological polar surface area (TPSA) is 46.5 Å². The molecule has 0 aromatic heterocycles. The van der Waals surface area contributed by atoms with Crippen molar-refractivity contribution in [1.82, 2.24) is 0 Å². The van der Waals surface area contributed by atoms with E-state index < -0.39 is 5.97 Å². The minimum Gasteiger partial charge on any atom is -0.481 e. The number of carboxylic acids is 1. The third-order valence-electron chi connectivity index (χ3n) is 3.65. The van der Waals surface area contributed by atoms with E-state index in [0.717, 1.165) is 44.9 Å². The van der Waals surface area contributed by atoms with Gasteiger partial charge in [0.15, 0.2) is 0 Å². The van der Waals surface area contributed by atoms with Gasteiger partial charge in [-0.1, -0.05) is 39.5 Å². The standard InChI is InChI=1S/C14H26O3/c1-3-7-11(2)10-17-13-9-6-4-5-8-12(13)14(15)16/h11-13H,3-10H2,1-2H3,(H,15,16). The molecule has 0 amide bonds. The summed E-state index contributed by atoms with van der Waals surface area (Å²) in [7, 11) is 0. The highest BCUT2D eigenvalue weighted by Gasteiger charge is 2.30. The maximum atomic E-state index is 11.2. The lowest BCUT2D eigenvalue weighted by atomic mass is 9.97. The summed E-state index contributed by atoms with van der Waals surface area (Å²) in [5.74, 6) is -0.427. The molecule has 0 heterocycles. The highest BCUT2D eigenvalue weighted by molar-refractivity contribution is 5.70. The molecule has 1 saturated carbocycles. The van der Waals surface area contributed by atoms with Gasteiger partial charge in [0.25, 0.3) is 0 Å². The molecule has 100 valence electrons. The Kier molecular flexibility index (Phi) is 6.56. The molecule has 1 fully saturated rings. The van der Waals surface area contributed by atoms with Crippen LogP contribution in [0.5, 0.6) is 0 Å². The maximum Gasteiger partial charge on any atom is 0.309 e. The van der Waals surface area contributed by atoms with Crippen LogP contribution in [0.3, 0.4) is 0 Å². The van der Waals surface area contributed by atoms with E-state index in [2.05, 4.69) is 13.8 Å². The maximum absolute atomic E-state index is 11.2. The van der Waals surface area contributed by atoms with E-state index in [1.165, 1.54) is 0 Å². The van der Waals surface area contributed by atoms with E-state index >= 15 is 0 Å². The lowest BCUT2D eigenvalue weighted by Crippen LogP contribution is -2.31. The number of carboxylic acid groups (broad SMARTS) is 1. The number of carbonyl (C=O) groups is 1. The number of hydrogen-bond acceptors (Lipinski definition) is 2. The van der Waals surface area contributed by atoms with Crippen LogP contribution in [0.15, 0.2) is 0 Å². The second-order valence-electron chi connectivity index (χ2n) is 5.35. The van der Waals surface area contributed by atoms with Gasteiger partial charge in [0.05, 0.1) is 12.0 Å². The predicted molar refractivity (Wildman–Crippen MR) is 68.0 cm³/mol. The molecule has 0 bridgehead atoms. The monoisotopic (exact) mass is 242 g/mol. The minimum absolute atomic E-state index is 0.0608. The molecule has 3 heteroatoms. The number of aliphatic carboxylic acids is 1. The van der Waals surface area contributed by atoms with Crippen molar-refractivity contribution in [2.75, 3.05) is 6.61 Å². The highest BCUT2D eigenvalue weighted by atomic mass is 16.5. The molecule has 3 unspecified atom stereocenters. The average Bonchev–Trinajstić information content (AvgIpc) is 2.51. The van der Waals surface area contributed by atoms with Gasteiger partial charge in [0.1, 0.15) is 0 Å².